The molecule has 5 aliphatic carbocycles. The van der Waals surface area contributed by atoms with Gasteiger partial charge in [-0.25, -0.2) is 0 Å². The normalized spacial score (nSPS) is 55.7. The summed E-state index contributed by atoms with van der Waals surface area (Å²) in [5.74, 6) is -0.229. The highest BCUT2D eigenvalue weighted by Crippen LogP contribution is 2.76. The van der Waals surface area contributed by atoms with Gasteiger partial charge in [0.2, 0.25) is 0 Å². The van der Waals surface area contributed by atoms with Crippen molar-refractivity contribution in [2.45, 2.75) is 217 Å². The summed E-state index contributed by atoms with van der Waals surface area (Å²) in [5.41, 5.74) is -1.25. The Labute approximate surface area is 387 Å². The van der Waals surface area contributed by atoms with Gasteiger partial charge in [-0.2, -0.15) is 0 Å². The van der Waals surface area contributed by atoms with Crippen LogP contribution in [0.1, 0.15) is 107 Å². The Morgan fingerprint density at radius 2 is 1.26 bits per heavy atom. The van der Waals surface area contributed by atoms with E-state index in [2.05, 4.69) is 54.5 Å². The molecule has 0 aromatic heterocycles. The van der Waals surface area contributed by atoms with Gasteiger partial charge in [0.15, 0.2) is 18.9 Å². The first-order chi connectivity index (χ1) is 30.7. The molecule has 0 spiro atoms. The summed E-state index contributed by atoms with van der Waals surface area (Å²) in [6, 6.07) is 0. The maximum absolute atomic E-state index is 12.5. The first-order valence-electron chi connectivity index (χ1n) is 24.4. The average molecular weight is 945 g/mol. The molecule has 7 fully saturated rings. The van der Waals surface area contributed by atoms with Gasteiger partial charge in [0.05, 0.1) is 44.2 Å². The first-order valence-corrected chi connectivity index (χ1v) is 24.4. The smallest absolute Gasteiger partial charge is 0.187 e. The summed E-state index contributed by atoms with van der Waals surface area (Å²) < 4.78 is 36.2. The van der Waals surface area contributed by atoms with Crippen molar-refractivity contribution in [2.24, 2.45) is 50.2 Å². The molecule has 0 aromatic carbocycles. The predicted octanol–water partition coefficient (Wildman–Crippen LogP) is -0.417. The van der Waals surface area contributed by atoms with Crippen LogP contribution in [-0.2, 0) is 28.4 Å². The second kappa shape index (κ2) is 17.9. The number of aliphatic hydroxyl groups is 12. The Hall–Kier alpha value is -0.980. The molecule has 3 unspecified atom stereocenters. The zero-order valence-corrected chi connectivity index (χ0v) is 39.8. The van der Waals surface area contributed by atoms with Crippen molar-refractivity contribution in [3.63, 3.8) is 0 Å². The lowest BCUT2D eigenvalue weighted by Gasteiger charge is -2.72. The van der Waals surface area contributed by atoms with E-state index in [1.165, 1.54) is 12.5 Å². The topological polar surface area (TPSA) is 298 Å². The van der Waals surface area contributed by atoms with E-state index in [4.69, 9.17) is 28.4 Å². The molecule has 380 valence electrons. The highest BCUT2D eigenvalue weighted by atomic mass is 16.8. The lowest BCUT2D eigenvalue weighted by atomic mass is 9.33. The summed E-state index contributed by atoms with van der Waals surface area (Å²) in [6.45, 7) is 15.7. The van der Waals surface area contributed by atoms with Gasteiger partial charge in [-0.3, -0.25) is 0 Å². The SMILES string of the molecule is C[C@@H]1O[C@@H](O[C@@H]2[C@H](O)[C@@H](O)[C@H](OC3CC[C@@]4(C)C(CC[C@]5(C)[C@@H]4[C@H](O)C=C4C6CC(C)(C)CC[C@]6(CO)[C@@H](O)C[C@]45C)C3(C)C)O[C@@H]2CO[C@@H]2O[C@H](CO)[C@@H](O)[C@H](O)[C@H]2O)[C@H](O)[C@H](O)[C@H]1O. The third-order valence-corrected chi connectivity index (χ3v) is 19.4. The maximum atomic E-state index is 12.5. The number of hydrogen-bond acceptors (Lipinski definition) is 18. The third kappa shape index (κ3) is 7.91. The van der Waals surface area contributed by atoms with Crippen molar-refractivity contribution < 1.29 is 89.7 Å². The van der Waals surface area contributed by atoms with Crippen molar-refractivity contribution in [2.75, 3.05) is 19.8 Å². The minimum atomic E-state index is -1.78. The van der Waals surface area contributed by atoms with Crippen LogP contribution in [0.5, 0.6) is 0 Å². The molecule has 4 saturated carbocycles. The molecule has 3 aliphatic heterocycles. The molecule has 66 heavy (non-hydrogen) atoms. The number of hydrogen-bond donors (Lipinski definition) is 12. The molecule has 0 radical (unpaired) electrons. The van der Waals surface area contributed by atoms with Gasteiger partial charge in [-0.15, -0.1) is 0 Å². The first kappa shape index (κ1) is 51.4. The Bertz CT molecular complexity index is 1760. The highest BCUT2D eigenvalue weighted by Gasteiger charge is 2.72. The molecule has 8 rings (SSSR count). The van der Waals surface area contributed by atoms with Crippen LogP contribution in [-0.4, -0.2) is 192 Å². The van der Waals surface area contributed by atoms with Crippen LogP contribution < -0.4 is 0 Å². The van der Waals surface area contributed by atoms with Crippen LogP contribution >= 0.6 is 0 Å². The number of ether oxygens (including phenoxy) is 6. The van der Waals surface area contributed by atoms with E-state index in [0.29, 0.717) is 19.3 Å². The van der Waals surface area contributed by atoms with Crippen molar-refractivity contribution in [3.05, 3.63) is 11.6 Å². The summed E-state index contributed by atoms with van der Waals surface area (Å²) in [5, 5.41) is 132. The molecule has 3 heterocycles. The van der Waals surface area contributed by atoms with E-state index in [1.54, 1.807) is 0 Å². The standard InChI is InChI=1S/C48H80O18/c1-21-30(53)32(55)36(59)41(62-21)66-38-26(19-61-40-35(58)33(56)31(54)25(18-49)63-40)64-42(37(60)34(38)57)65-29-10-11-45(6)27(44(29,4)5)9-12-46(7)39(45)24(51)15-22-23-16-43(2,3)13-14-48(23,20-50)28(52)17-47(22,46)8/h15,21,23-42,49-60H,9-14,16-20H2,1-8H3/t21-,23?,24+,25+,26+,27?,28-,29?,30-,31+,32+,33-,34+,35+,36+,37+,38-,39+,40+,41-,42-,45-,46+,47+,48+/m0/s1. The molecule has 18 nitrogen and oxygen atoms in total. The van der Waals surface area contributed by atoms with Crippen LogP contribution in [0.25, 0.3) is 0 Å². The molecule has 12 N–H and O–H groups in total. The van der Waals surface area contributed by atoms with Crippen LogP contribution in [0.2, 0.25) is 0 Å². The monoisotopic (exact) mass is 945 g/mol. The van der Waals surface area contributed by atoms with E-state index in [9.17, 15) is 61.3 Å². The van der Waals surface area contributed by atoms with Gasteiger partial charge >= 0.3 is 0 Å². The van der Waals surface area contributed by atoms with Crippen LogP contribution in [0.4, 0.5) is 0 Å². The minimum Gasteiger partial charge on any atom is -0.396 e. The van der Waals surface area contributed by atoms with E-state index >= 15 is 0 Å². The summed E-state index contributed by atoms with van der Waals surface area (Å²) in [7, 11) is 0. The van der Waals surface area contributed by atoms with Gasteiger partial charge in [0, 0.05) is 11.3 Å². The summed E-state index contributed by atoms with van der Waals surface area (Å²) in [6.07, 6.45) is -17.7. The molecule has 3 saturated heterocycles. The number of rotatable bonds is 9. The van der Waals surface area contributed by atoms with E-state index in [1.807, 2.05) is 0 Å². The van der Waals surface area contributed by atoms with Crippen LogP contribution in [0.3, 0.4) is 0 Å². The fourth-order valence-corrected chi connectivity index (χ4v) is 15.2. The van der Waals surface area contributed by atoms with Gasteiger partial charge < -0.3 is 89.7 Å². The average Bonchev–Trinajstić information content (AvgIpc) is 3.25. The van der Waals surface area contributed by atoms with Crippen LogP contribution in [0.15, 0.2) is 11.6 Å². The third-order valence-electron chi connectivity index (χ3n) is 19.4. The summed E-state index contributed by atoms with van der Waals surface area (Å²) in [4.78, 5) is 0. The molecule has 25 atom stereocenters. The van der Waals surface area contributed by atoms with Gasteiger partial charge in [0.25, 0.3) is 0 Å². The Morgan fingerprint density at radius 1 is 0.636 bits per heavy atom. The van der Waals surface area contributed by atoms with Crippen molar-refractivity contribution in [3.8, 4) is 0 Å². The molecule has 0 amide bonds. The van der Waals surface area contributed by atoms with Crippen molar-refractivity contribution >= 4 is 0 Å². The van der Waals surface area contributed by atoms with Crippen molar-refractivity contribution in [1.82, 2.24) is 0 Å². The number of allylic oxidation sites excluding steroid dienone is 1. The molecule has 0 bridgehead atoms. The van der Waals surface area contributed by atoms with E-state index in [0.717, 1.165) is 32.1 Å². The Morgan fingerprint density at radius 3 is 1.92 bits per heavy atom. The van der Waals surface area contributed by atoms with Gasteiger partial charge in [0.1, 0.15) is 67.1 Å². The van der Waals surface area contributed by atoms with E-state index in [-0.39, 0.29) is 29.8 Å². The largest absolute Gasteiger partial charge is 0.396 e. The molecular formula is C48H80O18. The molecule has 18 heteroatoms. The highest BCUT2D eigenvalue weighted by molar-refractivity contribution is 5.37. The summed E-state index contributed by atoms with van der Waals surface area (Å²) >= 11 is 0. The molecule has 0 aromatic rings. The van der Waals surface area contributed by atoms with Crippen LogP contribution in [0, 0.1) is 50.2 Å². The number of aliphatic hydroxyl groups excluding tert-OH is 12. The van der Waals surface area contributed by atoms with E-state index < -0.39 is 151 Å². The van der Waals surface area contributed by atoms with Crippen molar-refractivity contribution in [1.29, 1.82) is 0 Å². The predicted molar refractivity (Wildman–Crippen MR) is 231 cm³/mol. The maximum Gasteiger partial charge on any atom is 0.187 e. The zero-order chi connectivity index (χ0) is 48.4. The molecule has 8 aliphatic rings. The Balaban J connectivity index is 1.04. The quantitative estimate of drug-likeness (QED) is 0.103. The van der Waals surface area contributed by atoms with Gasteiger partial charge in [-0.1, -0.05) is 60.1 Å². The zero-order valence-electron chi connectivity index (χ0n) is 39.8. The second-order valence-electron chi connectivity index (χ2n) is 23.8. The second-order valence-corrected chi connectivity index (χ2v) is 23.8. The molecular weight excluding hydrogens is 865 g/mol. The lowest BCUT2D eigenvalue weighted by molar-refractivity contribution is -0.374. The number of fused-ring (bicyclic) bond motifs is 7. The Kier molecular flexibility index (Phi) is 14.0. The van der Waals surface area contributed by atoms with Gasteiger partial charge in [-0.05, 0) is 97.2 Å². The minimum absolute atomic E-state index is 0.00875. The lowest BCUT2D eigenvalue weighted by Crippen LogP contribution is -2.69. The fourth-order valence-electron chi connectivity index (χ4n) is 15.2. The fraction of sp³-hybridized carbons (Fsp3) is 0.958.